The topological polar surface area (TPSA) is 46.6 Å². The summed E-state index contributed by atoms with van der Waals surface area (Å²) in [7, 11) is 0. The molecule has 2 heterocycles. The van der Waals surface area contributed by atoms with Crippen LogP contribution >= 0.6 is 11.6 Å². The smallest absolute Gasteiger partial charge is 0.290 e. The first kappa shape index (κ1) is 19.0. The van der Waals surface area contributed by atoms with Crippen molar-refractivity contribution in [1.29, 1.82) is 0 Å². The summed E-state index contributed by atoms with van der Waals surface area (Å²) in [6.07, 6.45) is 2.78. The van der Waals surface area contributed by atoms with Gasteiger partial charge in [0, 0.05) is 35.5 Å². The average molecular weight is 398 g/mol. The number of likely N-dealkylation sites (tertiary alicyclic amines) is 1. The molecule has 1 spiro atoms. The van der Waals surface area contributed by atoms with Crippen molar-refractivity contribution in [2.24, 2.45) is 0 Å². The van der Waals surface area contributed by atoms with E-state index in [1.807, 2.05) is 0 Å². The minimum absolute atomic E-state index is 0.0444. The molecular weight excluding hydrogens is 374 g/mol. The van der Waals surface area contributed by atoms with Crippen LogP contribution in [0.4, 0.5) is 0 Å². The fourth-order valence-corrected chi connectivity index (χ4v) is 4.46. The number of carbonyl (C=O) groups excluding carboxylic acids is 2. The number of rotatable bonds is 3. The first-order chi connectivity index (χ1) is 13.5. The summed E-state index contributed by atoms with van der Waals surface area (Å²) in [6.45, 7) is 3.93. The fraction of sp³-hybridized carbons (Fsp3) is 0.391. The van der Waals surface area contributed by atoms with E-state index in [4.69, 9.17) is 16.3 Å². The van der Waals surface area contributed by atoms with Crippen LogP contribution in [0.5, 0.6) is 5.75 Å². The van der Waals surface area contributed by atoms with Gasteiger partial charge in [0.25, 0.3) is 5.91 Å². The number of aryl methyl sites for hydroxylation is 1. The monoisotopic (exact) mass is 397 g/mol. The maximum absolute atomic E-state index is 12.7. The molecule has 28 heavy (non-hydrogen) atoms. The number of halogens is 1. The number of hydrogen-bond acceptors (Lipinski definition) is 3. The van der Waals surface area contributed by atoms with Crippen LogP contribution < -0.4 is 4.74 Å². The van der Waals surface area contributed by atoms with Crippen LogP contribution in [-0.2, 0) is 21.4 Å². The van der Waals surface area contributed by atoms with E-state index in [1.165, 1.54) is 11.1 Å². The molecule has 2 aromatic rings. The standard InChI is InChI=1S/C23H24ClNO3/c1-16-3-8-19-21(13-16)28-15-23(19)9-2-11-25(12-10-23)22(27)20(26)14-17-4-6-18(24)7-5-17/h3-8,13H,2,9-12,14-15H2,1H3. The summed E-state index contributed by atoms with van der Waals surface area (Å²) in [5, 5.41) is 0.620. The van der Waals surface area contributed by atoms with E-state index in [-0.39, 0.29) is 23.5 Å². The number of Topliss-reactive ketones (excluding diaryl/α,β-unsaturated/α-hetero) is 1. The van der Waals surface area contributed by atoms with Crippen molar-refractivity contribution < 1.29 is 14.3 Å². The average Bonchev–Trinajstić information content (AvgIpc) is 2.88. The zero-order chi connectivity index (χ0) is 19.7. The minimum Gasteiger partial charge on any atom is -0.492 e. The Morgan fingerprint density at radius 3 is 2.68 bits per heavy atom. The Morgan fingerprint density at radius 2 is 1.89 bits per heavy atom. The van der Waals surface area contributed by atoms with Crippen molar-refractivity contribution in [3.05, 3.63) is 64.2 Å². The van der Waals surface area contributed by atoms with Crippen molar-refractivity contribution in [2.45, 2.75) is 38.0 Å². The summed E-state index contributed by atoms with van der Waals surface area (Å²) >= 11 is 5.88. The largest absolute Gasteiger partial charge is 0.492 e. The number of ketones is 1. The molecule has 1 amide bonds. The lowest BCUT2D eigenvalue weighted by atomic mass is 9.76. The normalized spacial score (nSPS) is 21.1. The molecule has 4 rings (SSSR count). The lowest BCUT2D eigenvalue weighted by molar-refractivity contribution is -0.144. The van der Waals surface area contributed by atoms with Crippen molar-refractivity contribution in [3.63, 3.8) is 0 Å². The molecule has 4 nitrogen and oxygen atoms in total. The number of carbonyl (C=O) groups is 2. The molecule has 0 radical (unpaired) electrons. The van der Waals surface area contributed by atoms with Gasteiger partial charge < -0.3 is 9.64 Å². The van der Waals surface area contributed by atoms with Crippen molar-refractivity contribution in [2.75, 3.05) is 19.7 Å². The predicted molar refractivity (Wildman–Crippen MR) is 109 cm³/mol. The van der Waals surface area contributed by atoms with Crippen molar-refractivity contribution in [3.8, 4) is 5.75 Å². The van der Waals surface area contributed by atoms with Gasteiger partial charge in [-0.15, -0.1) is 0 Å². The second kappa shape index (κ2) is 7.59. The molecule has 2 aromatic carbocycles. The maximum Gasteiger partial charge on any atom is 0.290 e. The van der Waals surface area contributed by atoms with E-state index in [0.717, 1.165) is 30.6 Å². The molecular formula is C23H24ClNO3. The summed E-state index contributed by atoms with van der Waals surface area (Å²) in [5.41, 5.74) is 3.20. The molecule has 2 aliphatic rings. The third-order valence-electron chi connectivity index (χ3n) is 5.96. The van der Waals surface area contributed by atoms with Gasteiger partial charge in [-0.25, -0.2) is 0 Å². The van der Waals surface area contributed by atoms with Gasteiger partial charge in [0.05, 0.1) is 6.61 Å². The highest BCUT2D eigenvalue weighted by Crippen LogP contribution is 2.45. The molecule has 0 saturated carbocycles. The highest BCUT2D eigenvalue weighted by atomic mass is 35.5. The quantitative estimate of drug-likeness (QED) is 0.732. The third kappa shape index (κ3) is 3.66. The lowest BCUT2D eigenvalue weighted by Crippen LogP contribution is -2.39. The lowest BCUT2D eigenvalue weighted by Gasteiger charge is -2.26. The summed E-state index contributed by atoms with van der Waals surface area (Å²) in [5.74, 6) is 0.227. The first-order valence-corrected chi connectivity index (χ1v) is 10.2. The van der Waals surface area contributed by atoms with Crippen LogP contribution in [0.25, 0.3) is 0 Å². The Hall–Kier alpha value is -2.33. The van der Waals surface area contributed by atoms with Gasteiger partial charge in [-0.1, -0.05) is 35.9 Å². The summed E-state index contributed by atoms with van der Waals surface area (Å²) < 4.78 is 5.98. The fourth-order valence-electron chi connectivity index (χ4n) is 4.33. The zero-order valence-corrected chi connectivity index (χ0v) is 16.8. The van der Waals surface area contributed by atoms with Gasteiger partial charge >= 0.3 is 0 Å². The third-order valence-corrected chi connectivity index (χ3v) is 6.21. The highest BCUT2D eigenvalue weighted by molar-refractivity contribution is 6.36. The van der Waals surface area contributed by atoms with E-state index < -0.39 is 0 Å². The second-order valence-corrected chi connectivity index (χ2v) is 8.38. The van der Waals surface area contributed by atoms with Crippen LogP contribution in [0.2, 0.25) is 5.02 Å². The highest BCUT2D eigenvalue weighted by Gasteiger charge is 2.42. The molecule has 146 valence electrons. The molecule has 1 saturated heterocycles. The van der Waals surface area contributed by atoms with Gasteiger partial charge in [-0.3, -0.25) is 9.59 Å². The molecule has 0 N–H and O–H groups in total. The van der Waals surface area contributed by atoms with Crippen LogP contribution in [-0.4, -0.2) is 36.3 Å². The number of amides is 1. The molecule has 0 aromatic heterocycles. The Bertz CT molecular complexity index is 909. The van der Waals surface area contributed by atoms with Crippen LogP contribution in [0.3, 0.4) is 0 Å². The van der Waals surface area contributed by atoms with E-state index in [0.29, 0.717) is 24.7 Å². The molecule has 1 fully saturated rings. The van der Waals surface area contributed by atoms with Crippen molar-refractivity contribution >= 4 is 23.3 Å². The molecule has 1 unspecified atom stereocenters. The molecule has 2 aliphatic heterocycles. The molecule has 1 atom stereocenters. The van der Waals surface area contributed by atoms with E-state index >= 15 is 0 Å². The molecule has 5 heteroatoms. The number of nitrogens with zero attached hydrogens (tertiary/aromatic N) is 1. The van der Waals surface area contributed by atoms with Crippen LogP contribution in [0.15, 0.2) is 42.5 Å². The Kier molecular flexibility index (Phi) is 5.15. The SMILES string of the molecule is Cc1ccc2c(c1)OCC21CCCN(C(=O)C(=O)Cc2ccc(Cl)cc2)CC1. The van der Waals surface area contributed by atoms with Gasteiger partial charge in [-0.05, 0) is 55.5 Å². The summed E-state index contributed by atoms with van der Waals surface area (Å²) in [6, 6.07) is 13.4. The number of ether oxygens (including phenoxy) is 1. The maximum atomic E-state index is 12.7. The molecule has 0 aliphatic carbocycles. The summed E-state index contributed by atoms with van der Waals surface area (Å²) in [4.78, 5) is 27.0. The number of fused-ring (bicyclic) bond motifs is 2. The first-order valence-electron chi connectivity index (χ1n) is 9.77. The van der Waals surface area contributed by atoms with E-state index in [2.05, 4.69) is 25.1 Å². The second-order valence-electron chi connectivity index (χ2n) is 7.94. The van der Waals surface area contributed by atoms with Gasteiger partial charge in [0.2, 0.25) is 5.78 Å². The predicted octanol–water partition coefficient (Wildman–Crippen LogP) is 4.10. The van der Waals surface area contributed by atoms with Gasteiger partial charge in [-0.2, -0.15) is 0 Å². The van der Waals surface area contributed by atoms with E-state index in [1.54, 1.807) is 29.2 Å². The Balaban J connectivity index is 1.44. The van der Waals surface area contributed by atoms with Crippen LogP contribution in [0.1, 0.15) is 36.0 Å². The minimum atomic E-state index is -0.380. The Morgan fingerprint density at radius 1 is 1.11 bits per heavy atom. The van der Waals surface area contributed by atoms with Crippen molar-refractivity contribution in [1.82, 2.24) is 4.90 Å². The number of benzene rings is 2. The Labute approximate surface area is 170 Å². The molecule has 0 bridgehead atoms. The van der Waals surface area contributed by atoms with Gasteiger partial charge in [0.15, 0.2) is 0 Å². The number of hydrogen-bond donors (Lipinski definition) is 0. The van der Waals surface area contributed by atoms with Gasteiger partial charge in [0.1, 0.15) is 5.75 Å². The zero-order valence-electron chi connectivity index (χ0n) is 16.0. The van der Waals surface area contributed by atoms with Crippen LogP contribution in [0, 0.1) is 6.92 Å². The van der Waals surface area contributed by atoms with E-state index in [9.17, 15) is 9.59 Å².